The summed E-state index contributed by atoms with van der Waals surface area (Å²) in [6, 6.07) is 0.337. The summed E-state index contributed by atoms with van der Waals surface area (Å²) in [6.07, 6.45) is 7.05. The molecule has 2 aromatic rings. The predicted octanol–water partition coefficient (Wildman–Crippen LogP) is 2.08. The van der Waals surface area contributed by atoms with Gasteiger partial charge in [0, 0.05) is 31.4 Å². The Morgan fingerprint density at radius 2 is 2.00 bits per heavy atom. The van der Waals surface area contributed by atoms with Crippen molar-refractivity contribution in [3.63, 3.8) is 0 Å². The largest absolute Gasteiger partial charge is 0.350 e. The van der Waals surface area contributed by atoms with Crippen LogP contribution in [0.5, 0.6) is 0 Å². The number of anilines is 1. The van der Waals surface area contributed by atoms with Gasteiger partial charge in [0.05, 0.1) is 17.9 Å². The van der Waals surface area contributed by atoms with Crippen molar-refractivity contribution in [2.75, 3.05) is 37.6 Å². The topological polar surface area (TPSA) is 88.0 Å². The number of aromatic nitrogens is 4. The molecule has 0 atom stereocenters. The molecule has 2 saturated heterocycles. The Balaban J connectivity index is 0.00000140. The van der Waals surface area contributed by atoms with Crippen molar-refractivity contribution in [3.8, 4) is 0 Å². The zero-order valence-electron chi connectivity index (χ0n) is 15.7. The van der Waals surface area contributed by atoms with Crippen molar-refractivity contribution in [2.45, 2.75) is 38.1 Å². The molecule has 11 heteroatoms. The average molecular weight is 448 g/mol. The number of carbonyl (C=O) groups is 1. The molecule has 156 valence electrons. The molecule has 2 N–H and O–H groups in total. The van der Waals surface area contributed by atoms with Gasteiger partial charge in [-0.25, -0.2) is 9.67 Å². The van der Waals surface area contributed by atoms with Gasteiger partial charge in [-0.1, -0.05) is 5.21 Å². The lowest BCUT2D eigenvalue weighted by molar-refractivity contribution is 0.0949. The first-order valence-electron chi connectivity index (χ1n) is 9.40. The highest BCUT2D eigenvalue weighted by molar-refractivity contribution is 7.13. The number of thiazole rings is 1. The molecule has 4 heterocycles. The van der Waals surface area contributed by atoms with E-state index in [0.29, 0.717) is 18.3 Å². The van der Waals surface area contributed by atoms with E-state index in [2.05, 4.69) is 36.2 Å². The number of piperidine rings is 1. The summed E-state index contributed by atoms with van der Waals surface area (Å²) in [5.41, 5.74) is 1.43. The number of hydrogen-bond acceptors (Lipinski definition) is 7. The summed E-state index contributed by atoms with van der Waals surface area (Å²) in [6.45, 7) is 4.74. The third-order valence-electron chi connectivity index (χ3n) is 5.01. The summed E-state index contributed by atoms with van der Waals surface area (Å²) in [7, 11) is 0. The average Bonchev–Trinajstić information content (AvgIpc) is 3.42. The minimum atomic E-state index is -0.166. The monoisotopic (exact) mass is 447 g/mol. The van der Waals surface area contributed by atoms with Crippen LogP contribution in [0.25, 0.3) is 0 Å². The molecule has 2 aliphatic rings. The van der Waals surface area contributed by atoms with Crippen molar-refractivity contribution in [3.05, 3.63) is 23.0 Å². The zero-order valence-corrected chi connectivity index (χ0v) is 18.1. The van der Waals surface area contributed by atoms with Crippen LogP contribution in [0.2, 0.25) is 0 Å². The van der Waals surface area contributed by atoms with E-state index in [1.165, 1.54) is 12.8 Å². The number of nitrogens with one attached hydrogen (secondary N) is 2. The van der Waals surface area contributed by atoms with Crippen LogP contribution in [0.15, 0.2) is 11.6 Å². The summed E-state index contributed by atoms with van der Waals surface area (Å²) in [5.74, 6) is -0.166. The lowest BCUT2D eigenvalue weighted by Gasteiger charge is -2.22. The quantitative estimate of drug-likeness (QED) is 0.704. The van der Waals surface area contributed by atoms with Crippen LogP contribution in [0.4, 0.5) is 5.13 Å². The molecule has 0 radical (unpaired) electrons. The van der Waals surface area contributed by atoms with Gasteiger partial charge in [-0.05, 0) is 38.8 Å². The number of halogens is 2. The van der Waals surface area contributed by atoms with Gasteiger partial charge < -0.3 is 15.5 Å². The fourth-order valence-corrected chi connectivity index (χ4v) is 4.40. The lowest BCUT2D eigenvalue weighted by Crippen LogP contribution is -2.29. The number of rotatable bonds is 6. The Morgan fingerprint density at radius 3 is 2.75 bits per heavy atom. The molecule has 2 aliphatic heterocycles. The van der Waals surface area contributed by atoms with Crippen molar-refractivity contribution >= 4 is 47.2 Å². The van der Waals surface area contributed by atoms with Gasteiger partial charge in [-0.15, -0.1) is 41.2 Å². The van der Waals surface area contributed by atoms with Crippen LogP contribution in [-0.2, 0) is 6.42 Å². The van der Waals surface area contributed by atoms with E-state index >= 15 is 0 Å². The molecule has 0 bridgehead atoms. The van der Waals surface area contributed by atoms with Gasteiger partial charge in [0.15, 0.2) is 10.8 Å². The molecule has 28 heavy (non-hydrogen) atoms. The highest BCUT2D eigenvalue weighted by Gasteiger charge is 2.19. The van der Waals surface area contributed by atoms with Crippen molar-refractivity contribution in [1.82, 2.24) is 30.6 Å². The Bertz CT molecular complexity index is 741. The molecular weight excluding hydrogens is 421 g/mol. The highest BCUT2D eigenvalue weighted by Crippen LogP contribution is 2.24. The van der Waals surface area contributed by atoms with Gasteiger partial charge in [-0.3, -0.25) is 4.79 Å². The zero-order chi connectivity index (χ0) is 17.8. The van der Waals surface area contributed by atoms with Gasteiger partial charge >= 0.3 is 0 Å². The van der Waals surface area contributed by atoms with E-state index in [4.69, 9.17) is 0 Å². The second-order valence-corrected chi connectivity index (χ2v) is 7.72. The molecule has 0 aliphatic carbocycles. The summed E-state index contributed by atoms with van der Waals surface area (Å²) in [4.78, 5) is 19.3. The maximum Gasteiger partial charge on any atom is 0.273 e. The van der Waals surface area contributed by atoms with Gasteiger partial charge in [-0.2, -0.15) is 0 Å². The molecule has 0 unspecified atom stereocenters. The third-order valence-corrected chi connectivity index (χ3v) is 5.96. The Labute approximate surface area is 181 Å². The third kappa shape index (κ3) is 5.56. The van der Waals surface area contributed by atoms with Crippen LogP contribution in [0.3, 0.4) is 0 Å². The van der Waals surface area contributed by atoms with E-state index in [0.717, 1.165) is 56.3 Å². The van der Waals surface area contributed by atoms with E-state index in [1.807, 2.05) is 4.68 Å². The lowest BCUT2D eigenvalue weighted by atomic mass is 10.1. The van der Waals surface area contributed by atoms with Crippen LogP contribution in [0.1, 0.15) is 47.9 Å². The maximum atomic E-state index is 12.3. The molecule has 8 nitrogen and oxygen atoms in total. The molecule has 0 spiro atoms. The molecule has 1 amide bonds. The summed E-state index contributed by atoms with van der Waals surface area (Å²) < 4.78 is 1.83. The number of hydrogen-bond donors (Lipinski definition) is 2. The molecular formula is C17H27Cl2N7OS. The van der Waals surface area contributed by atoms with Gasteiger partial charge in [0.1, 0.15) is 0 Å². The predicted molar refractivity (Wildman–Crippen MR) is 115 cm³/mol. The van der Waals surface area contributed by atoms with E-state index in [-0.39, 0.29) is 30.7 Å². The standard InChI is InChI=1S/C17H25N7OS.2ClH/c25-16(15-11-24(22-21-15)14-4-6-18-7-5-14)19-8-3-13-12-26-17(20-13)23-9-1-2-10-23;;/h11-12,14,18H,1-10H2,(H,19,25);2*1H. The van der Waals surface area contributed by atoms with Crippen LogP contribution in [-0.4, -0.2) is 58.6 Å². The van der Waals surface area contributed by atoms with Crippen LogP contribution < -0.4 is 15.5 Å². The molecule has 2 fully saturated rings. The van der Waals surface area contributed by atoms with E-state index < -0.39 is 0 Å². The van der Waals surface area contributed by atoms with Gasteiger partial charge in [0.2, 0.25) is 0 Å². The SMILES string of the molecule is Cl.Cl.O=C(NCCc1csc(N2CCCC2)n1)c1cn(C2CCNCC2)nn1. The van der Waals surface area contributed by atoms with Gasteiger partial charge in [0.25, 0.3) is 5.91 Å². The summed E-state index contributed by atoms with van der Waals surface area (Å²) >= 11 is 1.69. The Kier molecular flexibility index (Phi) is 8.94. The van der Waals surface area contributed by atoms with Crippen molar-refractivity contribution < 1.29 is 4.79 Å². The first-order valence-corrected chi connectivity index (χ1v) is 10.3. The number of amides is 1. The highest BCUT2D eigenvalue weighted by atomic mass is 35.5. The first-order chi connectivity index (χ1) is 12.8. The minimum Gasteiger partial charge on any atom is -0.350 e. The van der Waals surface area contributed by atoms with Crippen molar-refractivity contribution in [2.24, 2.45) is 0 Å². The molecule has 0 aromatic carbocycles. The first kappa shape index (κ1) is 22.9. The minimum absolute atomic E-state index is 0. The Hall–Kier alpha value is -1.42. The molecule has 4 rings (SSSR count). The maximum absolute atomic E-state index is 12.3. The Morgan fingerprint density at radius 1 is 1.25 bits per heavy atom. The second-order valence-electron chi connectivity index (χ2n) is 6.89. The fraction of sp³-hybridized carbons (Fsp3) is 0.647. The molecule has 0 saturated carbocycles. The summed E-state index contributed by atoms with van der Waals surface area (Å²) in [5, 5.41) is 17.6. The van der Waals surface area contributed by atoms with E-state index in [1.54, 1.807) is 17.5 Å². The van der Waals surface area contributed by atoms with Crippen LogP contribution >= 0.6 is 36.2 Å². The molecule has 2 aromatic heterocycles. The fourth-order valence-electron chi connectivity index (χ4n) is 3.49. The van der Waals surface area contributed by atoms with E-state index in [9.17, 15) is 4.79 Å². The smallest absolute Gasteiger partial charge is 0.273 e. The van der Waals surface area contributed by atoms with Crippen molar-refractivity contribution in [1.29, 1.82) is 0 Å². The number of carbonyl (C=O) groups excluding carboxylic acids is 1. The number of nitrogens with zero attached hydrogens (tertiary/aromatic N) is 5. The van der Waals surface area contributed by atoms with Crippen LogP contribution in [0, 0.1) is 0 Å². The normalized spacial score (nSPS) is 17.1. The second kappa shape index (κ2) is 10.9.